The van der Waals surface area contributed by atoms with Gasteiger partial charge in [-0.05, 0) is 48.9 Å². The molecule has 106 valence electrons. The van der Waals surface area contributed by atoms with E-state index in [1.54, 1.807) is 24.3 Å². The molecule has 0 saturated heterocycles. The lowest BCUT2D eigenvalue weighted by molar-refractivity contribution is 0.293. The number of anilines is 1. The number of nitrogens with two attached hydrogens (primary N) is 1. The van der Waals surface area contributed by atoms with Crippen LogP contribution in [0, 0.1) is 11.8 Å². The summed E-state index contributed by atoms with van der Waals surface area (Å²) in [7, 11) is -3.59. The van der Waals surface area contributed by atoms with Gasteiger partial charge in [0.15, 0.2) is 0 Å². The smallest absolute Gasteiger partial charge is 0.238 e. The number of rotatable bonds is 4. The van der Waals surface area contributed by atoms with Crippen LogP contribution in [0.1, 0.15) is 32.6 Å². The fraction of sp³-hybridized carbons (Fsp3) is 0.571. The summed E-state index contributed by atoms with van der Waals surface area (Å²) in [5.41, 5.74) is 0.950. The van der Waals surface area contributed by atoms with Gasteiger partial charge in [0.25, 0.3) is 0 Å². The minimum atomic E-state index is -3.59. The molecule has 1 aliphatic carbocycles. The summed E-state index contributed by atoms with van der Waals surface area (Å²) >= 11 is 0. The quantitative estimate of drug-likeness (QED) is 0.891. The fourth-order valence-corrected chi connectivity index (χ4v) is 3.29. The molecule has 0 radical (unpaired) electrons. The summed E-state index contributed by atoms with van der Waals surface area (Å²) in [6.07, 6.45) is 5.23. The van der Waals surface area contributed by atoms with Crippen molar-refractivity contribution in [3.05, 3.63) is 24.3 Å². The number of sulfonamides is 1. The van der Waals surface area contributed by atoms with Crippen molar-refractivity contribution in [1.82, 2.24) is 0 Å². The highest BCUT2D eigenvalue weighted by Crippen LogP contribution is 2.28. The Morgan fingerprint density at radius 1 is 1.26 bits per heavy atom. The maximum atomic E-state index is 11.1. The Morgan fingerprint density at radius 2 is 1.95 bits per heavy atom. The number of hydrogen-bond acceptors (Lipinski definition) is 3. The summed E-state index contributed by atoms with van der Waals surface area (Å²) in [5.74, 6) is 1.55. The number of nitrogens with one attached hydrogen (secondary N) is 1. The molecule has 19 heavy (non-hydrogen) atoms. The van der Waals surface area contributed by atoms with Gasteiger partial charge in [0.2, 0.25) is 10.0 Å². The van der Waals surface area contributed by atoms with E-state index in [2.05, 4.69) is 12.2 Å². The molecule has 0 spiro atoms. The second-order valence-electron chi connectivity index (χ2n) is 5.59. The molecule has 3 N–H and O–H groups in total. The van der Waals surface area contributed by atoms with Crippen LogP contribution in [0.15, 0.2) is 29.2 Å². The lowest BCUT2D eigenvalue weighted by Crippen LogP contribution is -2.21. The van der Waals surface area contributed by atoms with E-state index in [4.69, 9.17) is 5.14 Å². The second-order valence-corrected chi connectivity index (χ2v) is 7.15. The van der Waals surface area contributed by atoms with Crippen LogP contribution in [0.2, 0.25) is 0 Å². The molecular weight excluding hydrogens is 260 g/mol. The summed E-state index contributed by atoms with van der Waals surface area (Å²) in [5, 5.41) is 8.44. The SMILES string of the molecule is CC1CCCC(CNc2ccc(S(N)(=O)=O)cc2)C1. The maximum Gasteiger partial charge on any atom is 0.238 e. The summed E-state index contributed by atoms with van der Waals surface area (Å²) in [6, 6.07) is 6.63. The third-order valence-corrected chi connectivity index (χ3v) is 4.75. The molecule has 0 aromatic heterocycles. The molecule has 0 amide bonds. The molecule has 0 heterocycles. The van der Waals surface area contributed by atoms with E-state index in [0.717, 1.165) is 24.1 Å². The summed E-state index contributed by atoms with van der Waals surface area (Å²) in [4.78, 5) is 0.157. The van der Waals surface area contributed by atoms with E-state index in [-0.39, 0.29) is 4.90 Å². The van der Waals surface area contributed by atoms with Gasteiger partial charge in [-0.15, -0.1) is 0 Å². The van der Waals surface area contributed by atoms with Crippen LogP contribution in [-0.4, -0.2) is 15.0 Å². The van der Waals surface area contributed by atoms with Crippen LogP contribution < -0.4 is 10.5 Å². The van der Waals surface area contributed by atoms with Crippen molar-refractivity contribution in [2.75, 3.05) is 11.9 Å². The predicted molar refractivity (Wildman–Crippen MR) is 77.4 cm³/mol. The minimum Gasteiger partial charge on any atom is -0.385 e. The standard InChI is InChI=1S/C14H22N2O2S/c1-11-3-2-4-12(9-11)10-16-13-5-7-14(8-6-13)19(15,17)18/h5-8,11-12,16H,2-4,9-10H2,1H3,(H2,15,17,18). The second kappa shape index (κ2) is 5.92. The highest BCUT2D eigenvalue weighted by Gasteiger charge is 2.18. The van der Waals surface area contributed by atoms with Gasteiger partial charge < -0.3 is 5.32 Å². The van der Waals surface area contributed by atoms with E-state index in [9.17, 15) is 8.42 Å². The molecule has 2 atom stereocenters. The van der Waals surface area contributed by atoms with Crippen LogP contribution in [0.5, 0.6) is 0 Å². The predicted octanol–water partition coefficient (Wildman–Crippen LogP) is 2.57. The molecule has 2 unspecified atom stereocenters. The Hall–Kier alpha value is -1.07. The van der Waals surface area contributed by atoms with Gasteiger partial charge in [-0.1, -0.05) is 19.8 Å². The van der Waals surface area contributed by atoms with Crippen LogP contribution in [0.25, 0.3) is 0 Å². The van der Waals surface area contributed by atoms with Gasteiger partial charge >= 0.3 is 0 Å². The number of primary sulfonamides is 1. The van der Waals surface area contributed by atoms with E-state index in [1.165, 1.54) is 25.7 Å². The van der Waals surface area contributed by atoms with Crippen molar-refractivity contribution in [2.24, 2.45) is 17.0 Å². The van der Waals surface area contributed by atoms with Gasteiger partial charge in [0.05, 0.1) is 4.90 Å². The number of benzene rings is 1. The van der Waals surface area contributed by atoms with Gasteiger partial charge in [0.1, 0.15) is 0 Å². The Bertz CT molecular complexity index is 511. The average molecular weight is 282 g/mol. The van der Waals surface area contributed by atoms with Crippen molar-refractivity contribution in [3.8, 4) is 0 Å². The first-order valence-electron chi connectivity index (χ1n) is 6.82. The van der Waals surface area contributed by atoms with Crippen LogP contribution in [0.4, 0.5) is 5.69 Å². The zero-order chi connectivity index (χ0) is 13.9. The molecule has 1 saturated carbocycles. The van der Waals surface area contributed by atoms with Crippen molar-refractivity contribution in [1.29, 1.82) is 0 Å². The van der Waals surface area contributed by atoms with Gasteiger partial charge in [0, 0.05) is 12.2 Å². The Kier molecular flexibility index (Phi) is 4.47. The highest BCUT2D eigenvalue weighted by molar-refractivity contribution is 7.89. The molecule has 1 aromatic carbocycles. The third-order valence-electron chi connectivity index (χ3n) is 3.82. The Labute approximate surface area is 115 Å². The van der Waals surface area contributed by atoms with E-state index >= 15 is 0 Å². The first kappa shape index (κ1) is 14.3. The molecule has 0 bridgehead atoms. The fourth-order valence-electron chi connectivity index (χ4n) is 2.77. The first-order chi connectivity index (χ1) is 8.95. The minimum absolute atomic E-state index is 0.157. The lowest BCUT2D eigenvalue weighted by Gasteiger charge is -2.27. The molecule has 0 aliphatic heterocycles. The molecule has 1 aliphatic rings. The highest BCUT2D eigenvalue weighted by atomic mass is 32.2. The average Bonchev–Trinajstić information content (AvgIpc) is 2.36. The van der Waals surface area contributed by atoms with E-state index in [1.807, 2.05) is 0 Å². The zero-order valence-corrected chi connectivity index (χ0v) is 12.1. The third kappa shape index (κ3) is 4.21. The van der Waals surface area contributed by atoms with Crippen LogP contribution in [0.3, 0.4) is 0 Å². The summed E-state index contributed by atoms with van der Waals surface area (Å²) < 4.78 is 22.3. The first-order valence-corrected chi connectivity index (χ1v) is 8.36. The van der Waals surface area contributed by atoms with Gasteiger partial charge in [-0.2, -0.15) is 0 Å². The Balaban J connectivity index is 1.89. The largest absolute Gasteiger partial charge is 0.385 e. The van der Waals surface area contributed by atoms with Gasteiger partial charge in [-0.25, -0.2) is 13.6 Å². The van der Waals surface area contributed by atoms with E-state index < -0.39 is 10.0 Å². The zero-order valence-electron chi connectivity index (χ0n) is 11.3. The summed E-state index contributed by atoms with van der Waals surface area (Å²) in [6.45, 7) is 3.27. The molecule has 4 nitrogen and oxygen atoms in total. The van der Waals surface area contributed by atoms with Gasteiger partial charge in [-0.3, -0.25) is 0 Å². The van der Waals surface area contributed by atoms with Crippen molar-refractivity contribution in [2.45, 2.75) is 37.5 Å². The van der Waals surface area contributed by atoms with Crippen molar-refractivity contribution >= 4 is 15.7 Å². The molecular formula is C14H22N2O2S. The number of hydrogen-bond donors (Lipinski definition) is 2. The Morgan fingerprint density at radius 3 is 2.53 bits per heavy atom. The van der Waals surface area contributed by atoms with Crippen molar-refractivity contribution < 1.29 is 8.42 Å². The normalized spacial score (nSPS) is 24.1. The monoisotopic (exact) mass is 282 g/mol. The molecule has 1 aromatic rings. The topological polar surface area (TPSA) is 72.2 Å². The van der Waals surface area contributed by atoms with Crippen LogP contribution >= 0.6 is 0 Å². The molecule has 2 rings (SSSR count). The molecule has 5 heteroatoms. The van der Waals surface area contributed by atoms with Crippen molar-refractivity contribution in [3.63, 3.8) is 0 Å². The molecule has 1 fully saturated rings. The van der Waals surface area contributed by atoms with Crippen LogP contribution in [-0.2, 0) is 10.0 Å². The lowest BCUT2D eigenvalue weighted by atomic mass is 9.82. The maximum absolute atomic E-state index is 11.1. The van der Waals surface area contributed by atoms with E-state index in [0.29, 0.717) is 0 Å².